The molecule has 1 rings (SSSR count). The molecule has 0 aliphatic heterocycles. The molecule has 0 bridgehead atoms. The van der Waals surface area contributed by atoms with Crippen molar-refractivity contribution in [2.75, 3.05) is 13.2 Å². The van der Waals surface area contributed by atoms with E-state index in [1.165, 1.54) is 0 Å². The zero-order valence-corrected chi connectivity index (χ0v) is 8.56. The van der Waals surface area contributed by atoms with Gasteiger partial charge in [0.1, 0.15) is 0 Å². The maximum absolute atomic E-state index is 9.49. The number of imidazole rings is 1. The Balaban J connectivity index is 2.32. The van der Waals surface area contributed by atoms with Gasteiger partial charge in [-0.1, -0.05) is 0 Å². The van der Waals surface area contributed by atoms with Gasteiger partial charge in [-0.25, -0.2) is 4.98 Å². The summed E-state index contributed by atoms with van der Waals surface area (Å²) in [6, 6.07) is 0. The second-order valence-electron chi connectivity index (χ2n) is 3.75. The summed E-state index contributed by atoms with van der Waals surface area (Å²) in [6.45, 7) is 2.33. The zero-order valence-electron chi connectivity index (χ0n) is 8.56. The van der Waals surface area contributed by atoms with E-state index < -0.39 is 5.60 Å². The fraction of sp³-hybridized carbons (Fsp3) is 0.667. The van der Waals surface area contributed by atoms with E-state index in [0.29, 0.717) is 13.1 Å². The first-order valence-corrected chi connectivity index (χ1v) is 4.54. The van der Waals surface area contributed by atoms with Gasteiger partial charge < -0.3 is 20.1 Å². The minimum absolute atomic E-state index is 0.245. The van der Waals surface area contributed by atoms with Gasteiger partial charge in [-0.15, -0.1) is 0 Å². The topological polar surface area (TPSA) is 70.3 Å². The molecule has 1 unspecified atom stereocenters. The van der Waals surface area contributed by atoms with Crippen LogP contribution in [0.2, 0.25) is 0 Å². The fourth-order valence-electron chi connectivity index (χ4n) is 1.07. The Morgan fingerprint density at radius 3 is 2.86 bits per heavy atom. The number of aliphatic hydroxyl groups is 2. The standard InChI is InChI=1S/C9H17N3O2/c1-9(14,6-13)5-10-3-8-4-11-7-12(8)2/h4,7,10,13-14H,3,5-6H2,1-2H3. The van der Waals surface area contributed by atoms with Gasteiger partial charge in [-0.2, -0.15) is 0 Å². The highest BCUT2D eigenvalue weighted by molar-refractivity contribution is 4.96. The quantitative estimate of drug-likeness (QED) is 0.584. The normalized spacial score (nSPS) is 15.4. The number of aliphatic hydroxyl groups excluding tert-OH is 1. The van der Waals surface area contributed by atoms with Gasteiger partial charge in [0.05, 0.1) is 24.2 Å². The third-order valence-corrected chi connectivity index (χ3v) is 2.07. The highest BCUT2D eigenvalue weighted by Crippen LogP contribution is 2.00. The summed E-state index contributed by atoms with van der Waals surface area (Å²) in [5, 5.41) is 21.3. The monoisotopic (exact) mass is 199 g/mol. The molecule has 0 fully saturated rings. The minimum Gasteiger partial charge on any atom is -0.393 e. The van der Waals surface area contributed by atoms with Crippen LogP contribution in [0.3, 0.4) is 0 Å². The van der Waals surface area contributed by atoms with Crippen molar-refractivity contribution in [1.29, 1.82) is 0 Å². The van der Waals surface area contributed by atoms with Gasteiger partial charge in [-0.05, 0) is 6.92 Å². The molecular weight excluding hydrogens is 182 g/mol. The molecule has 3 N–H and O–H groups in total. The summed E-state index contributed by atoms with van der Waals surface area (Å²) in [5.74, 6) is 0. The fourth-order valence-corrected chi connectivity index (χ4v) is 1.07. The van der Waals surface area contributed by atoms with Crippen molar-refractivity contribution in [2.45, 2.75) is 19.1 Å². The van der Waals surface area contributed by atoms with Crippen molar-refractivity contribution < 1.29 is 10.2 Å². The van der Waals surface area contributed by atoms with Gasteiger partial charge >= 0.3 is 0 Å². The summed E-state index contributed by atoms with van der Waals surface area (Å²) >= 11 is 0. The second kappa shape index (κ2) is 4.54. The molecular formula is C9H17N3O2. The van der Waals surface area contributed by atoms with Crippen LogP contribution in [-0.2, 0) is 13.6 Å². The molecule has 1 heterocycles. The Morgan fingerprint density at radius 2 is 2.36 bits per heavy atom. The predicted molar refractivity (Wildman–Crippen MR) is 52.6 cm³/mol. The van der Waals surface area contributed by atoms with E-state index in [1.54, 1.807) is 19.4 Å². The SMILES string of the molecule is Cn1cncc1CNCC(C)(O)CO. The van der Waals surface area contributed by atoms with E-state index in [9.17, 15) is 5.11 Å². The van der Waals surface area contributed by atoms with Crippen LogP contribution < -0.4 is 5.32 Å². The van der Waals surface area contributed by atoms with Crippen molar-refractivity contribution in [1.82, 2.24) is 14.9 Å². The minimum atomic E-state index is -1.06. The van der Waals surface area contributed by atoms with Gasteiger partial charge in [-0.3, -0.25) is 0 Å². The second-order valence-corrected chi connectivity index (χ2v) is 3.75. The first-order chi connectivity index (χ1) is 6.55. The highest BCUT2D eigenvalue weighted by atomic mass is 16.3. The zero-order chi connectivity index (χ0) is 10.6. The average molecular weight is 199 g/mol. The number of aryl methyl sites for hydroxylation is 1. The summed E-state index contributed by atoms with van der Waals surface area (Å²) in [4.78, 5) is 3.97. The third-order valence-electron chi connectivity index (χ3n) is 2.07. The Bertz CT molecular complexity index is 283. The summed E-state index contributed by atoms with van der Waals surface area (Å²) in [7, 11) is 1.91. The van der Waals surface area contributed by atoms with Gasteiger partial charge in [0.25, 0.3) is 0 Å². The molecule has 1 aromatic rings. The molecule has 80 valence electrons. The molecule has 0 aliphatic rings. The van der Waals surface area contributed by atoms with E-state index in [4.69, 9.17) is 5.11 Å². The van der Waals surface area contributed by atoms with E-state index in [1.807, 2.05) is 11.6 Å². The van der Waals surface area contributed by atoms with E-state index >= 15 is 0 Å². The molecule has 0 spiro atoms. The lowest BCUT2D eigenvalue weighted by Crippen LogP contribution is -2.40. The van der Waals surface area contributed by atoms with E-state index in [-0.39, 0.29) is 6.61 Å². The Labute approximate surface area is 83.4 Å². The van der Waals surface area contributed by atoms with Crippen LogP contribution in [0.5, 0.6) is 0 Å². The van der Waals surface area contributed by atoms with Gasteiger partial charge in [0.2, 0.25) is 0 Å². The van der Waals surface area contributed by atoms with E-state index in [2.05, 4.69) is 10.3 Å². The molecule has 0 radical (unpaired) electrons. The third kappa shape index (κ3) is 3.10. The van der Waals surface area contributed by atoms with Crippen LogP contribution in [0, 0.1) is 0 Å². The van der Waals surface area contributed by atoms with Crippen molar-refractivity contribution in [2.24, 2.45) is 7.05 Å². The average Bonchev–Trinajstić information content (AvgIpc) is 2.52. The molecule has 1 aromatic heterocycles. The van der Waals surface area contributed by atoms with Crippen LogP contribution >= 0.6 is 0 Å². The predicted octanol–water partition coefficient (Wildman–Crippen LogP) is -0.747. The molecule has 0 saturated carbocycles. The lowest BCUT2D eigenvalue weighted by Gasteiger charge is -2.20. The van der Waals surface area contributed by atoms with E-state index in [0.717, 1.165) is 5.69 Å². The van der Waals surface area contributed by atoms with Crippen LogP contribution in [0.1, 0.15) is 12.6 Å². The maximum Gasteiger partial charge on any atom is 0.0972 e. The van der Waals surface area contributed by atoms with Crippen LogP contribution in [-0.4, -0.2) is 38.5 Å². The lowest BCUT2D eigenvalue weighted by atomic mass is 10.1. The van der Waals surface area contributed by atoms with Crippen LogP contribution in [0.15, 0.2) is 12.5 Å². The summed E-state index contributed by atoms with van der Waals surface area (Å²) in [5.41, 5.74) is -0.0165. The number of hydrogen-bond donors (Lipinski definition) is 3. The Hall–Kier alpha value is -0.910. The largest absolute Gasteiger partial charge is 0.393 e. The summed E-state index contributed by atoms with van der Waals surface area (Å²) in [6.07, 6.45) is 3.49. The molecule has 0 aliphatic carbocycles. The first-order valence-electron chi connectivity index (χ1n) is 4.54. The van der Waals surface area contributed by atoms with Gasteiger partial charge in [0.15, 0.2) is 0 Å². The molecule has 14 heavy (non-hydrogen) atoms. The van der Waals surface area contributed by atoms with Crippen molar-refractivity contribution >= 4 is 0 Å². The van der Waals surface area contributed by atoms with Crippen molar-refractivity contribution in [3.63, 3.8) is 0 Å². The molecule has 0 saturated heterocycles. The van der Waals surface area contributed by atoms with Crippen LogP contribution in [0.25, 0.3) is 0 Å². The number of nitrogens with zero attached hydrogens (tertiary/aromatic N) is 2. The van der Waals surface area contributed by atoms with Crippen molar-refractivity contribution in [3.8, 4) is 0 Å². The first kappa shape index (κ1) is 11.2. The number of hydrogen-bond acceptors (Lipinski definition) is 4. The molecule has 0 amide bonds. The summed E-state index contributed by atoms with van der Waals surface area (Å²) < 4.78 is 1.90. The molecule has 1 atom stereocenters. The highest BCUT2D eigenvalue weighted by Gasteiger charge is 2.17. The number of nitrogens with one attached hydrogen (secondary N) is 1. The molecule has 5 nitrogen and oxygen atoms in total. The Kier molecular flexibility index (Phi) is 3.62. The molecule has 0 aromatic carbocycles. The van der Waals surface area contributed by atoms with Crippen LogP contribution in [0.4, 0.5) is 0 Å². The lowest BCUT2D eigenvalue weighted by molar-refractivity contribution is 0.00245. The van der Waals surface area contributed by atoms with Gasteiger partial charge in [0, 0.05) is 26.3 Å². The maximum atomic E-state index is 9.49. The Morgan fingerprint density at radius 1 is 1.64 bits per heavy atom. The molecule has 5 heteroatoms. The number of rotatable bonds is 5. The number of aromatic nitrogens is 2. The smallest absolute Gasteiger partial charge is 0.0972 e. The van der Waals surface area contributed by atoms with Crippen molar-refractivity contribution in [3.05, 3.63) is 18.2 Å².